The van der Waals surface area contributed by atoms with Gasteiger partial charge >= 0.3 is 0 Å². The molecule has 4 heteroatoms. The molecule has 0 fully saturated rings. The summed E-state index contributed by atoms with van der Waals surface area (Å²) in [5.74, 6) is -0.0224. The van der Waals surface area contributed by atoms with E-state index in [4.69, 9.17) is 0 Å². The highest BCUT2D eigenvalue weighted by Crippen LogP contribution is 2.07. The summed E-state index contributed by atoms with van der Waals surface area (Å²) in [4.78, 5) is 13.6. The Bertz CT molecular complexity index is 570. The average molecular weight is 269 g/mol. The van der Waals surface area contributed by atoms with Crippen LogP contribution in [-0.2, 0) is 17.8 Å². The molecule has 1 N–H and O–H groups in total. The predicted molar refractivity (Wildman–Crippen MR) is 79.9 cm³/mol. The van der Waals surface area contributed by atoms with Crippen molar-refractivity contribution in [2.45, 2.75) is 19.9 Å². The summed E-state index contributed by atoms with van der Waals surface area (Å²) in [5.41, 5.74) is 3.32. The molecule has 1 heterocycles. The zero-order chi connectivity index (χ0) is 14.4. The number of aromatic nitrogens is 2. The summed E-state index contributed by atoms with van der Waals surface area (Å²) >= 11 is 0. The average Bonchev–Trinajstić information content (AvgIpc) is 2.98. The van der Waals surface area contributed by atoms with Gasteiger partial charge in [0.15, 0.2) is 0 Å². The lowest BCUT2D eigenvalue weighted by molar-refractivity contribution is -0.125. The van der Waals surface area contributed by atoms with Crippen molar-refractivity contribution in [2.24, 2.45) is 0 Å². The molecule has 2 aromatic rings. The maximum atomic E-state index is 12.0. The van der Waals surface area contributed by atoms with E-state index in [1.807, 2.05) is 18.2 Å². The van der Waals surface area contributed by atoms with Gasteiger partial charge in [-0.05, 0) is 23.6 Å². The number of hydrogen-bond donors (Lipinski definition) is 1. The third-order valence-electron chi connectivity index (χ3n) is 3.16. The Morgan fingerprint density at radius 1 is 1.30 bits per heavy atom. The van der Waals surface area contributed by atoms with Crippen LogP contribution in [0, 0.1) is 0 Å². The van der Waals surface area contributed by atoms with Crippen LogP contribution in [0.15, 0.2) is 42.7 Å². The van der Waals surface area contributed by atoms with Gasteiger partial charge < -0.3 is 4.90 Å². The summed E-state index contributed by atoms with van der Waals surface area (Å²) in [6.45, 7) is 2.67. The summed E-state index contributed by atoms with van der Waals surface area (Å²) in [6, 6.07) is 8.22. The van der Waals surface area contributed by atoms with Gasteiger partial charge in [0.2, 0.25) is 5.91 Å². The van der Waals surface area contributed by atoms with E-state index in [0.29, 0.717) is 6.54 Å². The Kier molecular flexibility index (Phi) is 4.71. The number of nitrogens with one attached hydrogen (secondary N) is 1. The highest BCUT2D eigenvalue weighted by molar-refractivity contribution is 5.91. The second-order valence-electron chi connectivity index (χ2n) is 4.73. The number of nitrogens with zero attached hydrogens (tertiary/aromatic N) is 2. The largest absolute Gasteiger partial charge is 0.338 e. The Hall–Kier alpha value is -2.36. The summed E-state index contributed by atoms with van der Waals surface area (Å²) < 4.78 is 0. The topological polar surface area (TPSA) is 49.0 Å². The molecule has 1 amide bonds. The minimum atomic E-state index is -0.0224. The second kappa shape index (κ2) is 6.70. The van der Waals surface area contributed by atoms with E-state index in [1.54, 1.807) is 30.4 Å². The normalized spacial score (nSPS) is 10.9. The molecule has 1 aromatic heterocycles. The van der Waals surface area contributed by atoms with Crippen molar-refractivity contribution in [1.29, 1.82) is 0 Å². The van der Waals surface area contributed by atoms with Gasteiger partial charge in [0.25, 0.3) is 0 Å². The van der Waals surface area contributed by atoms with E-state index in [-0.39, 0.29) is 5.91 Å². The Balaban J connectivity index is 1.93. The van der Waals surface area contributed by atoms with Crippen molar-refractivity contribution in [3.05, 3.63) is 59.4 Å². The minimum Gasteiger partial charge on any atom is -0.338 e. The fourth-order valence-corrected chi connectivity index (χ4v) is 1.88. The van der Waals surface area contributed by atoms with Crippen LogP contribution in [0.5, 0.6) is 0 Å². The van der Waals surface area contributed by atoms with Gasteiger partial charge in [-0.25, -0.2) is 0 Å². The first-order valence-electron chi connectivity index (χ1n) is 6.69. The molecule has 0 saturated carbocycles. The molecule has 0 aliphatic rings. The molecular formula is C16H19N3O. The summed E-state index contributed by atoms with van der Waals surface area (Å²) in [5, 5.41) is 6.60. The van der Waals surface area contributed by atoms with Crippen LogP contribution in [-0.4, -0.2) is 28.1 Å². The number of benzene rings is 1. The van der Waals surface area contributed by atoms with Crippen LogP contribution in [0.4, 0.5) is 0 Å². The zero-order valence-electron chi connectivity index (χ0n) is 11.8. The lowest BCUT2D eigenvalue weighted by atomic mass is 10.1. The van der Waals surface area contributed by atoms with Crippen molar-refractivity contribution < 1.29 is 4.79 Å². The second-order valence-corrected chi connectivity index (χ2v) is 4.73. The van der Waals surface area contributed by atoms with Crippen molar-refractivity contribution >= 4 is 12.0 Å². The van der Waals surface area contributed by atoms with Gasteiger partial charge in [-0.15, -0.1) is 0 Å². The van der Waals surface area contributed by atoms with E-state index in [0.717, 1.165) is 17.5 Å². The first kappa shape index (κ1) is 14.1. The number of amides is 1. The van der Waals surface area contributed by atoms with Crippen LogP contribution in [0.25, 0.3) is 6.08 Å². The van der Waals surface area contributed by atoms with Gasteiger partial charge in [-0.3, -0.25) is 9.89 Å². The maximum absolute atomic E-state index is 12.0. The molecule has 0 spiro atoms. The fraction of sp³-hybridized carbons (Fsp3) is 0.250. The number of hydrogen-bond acceptors (Lipinski definition) is 2. The molecule has 0 atom stereocenters. The first-order chi connectivity index (χ1) is 9.69. The van der Waals surface area contributed by atoms with Crippen molar-refractivity contribution in [1.82, 2.24) is 15.1 Å². The molecule has 0 saturated heterocycles. The van der Waals surface area contributed by atoms with E-state index in [9.17, 15) is 4.79 Å². The first-order valence-corrected chi connectivity index (χ1v) is 6.69. The molecule has 104 valence electrons. The number of aromatic amines is 1. The van der Waals surface area contributed by atoms with E-state index >= 15 is 0 Å². The molecule has 0 unspecified atom stereocenters. The van der Waals surface area contributed by atoms with E-state index < -0.39 is 0 Å². The van der Waals surface area contributed by atoms with Crippen LogP contribution in [0.3, 0.4) is 0 Å². The molecule has 0 bridgehead atoms. The standard InChI is InChI=1S/C16H19N3O/c1-3-13-4-6-14(7-5-13)8-9-16(20)19(2)12-15-10-17-18-11-15/h4-11H,3,12H2,1-2H3,(H,17,18). The molecule has 2 rings (SSSR count). The van der Waals surface area contributed by atoms with Gasteiger partial charge in [0.1, 0.15) is 0 Å². The van der Waals surface area contributed by atoms with Crippen LogP contribution in [0.1, 0.15) is 23.6 Å². The fourth-order valence-electron chi connectivity index (χ4n) is 1.88. The van der Waals surface area contributed by atoms with Gasteiger partial charge in [0, 0.05) is 31.4 Å². The smallest absolute Gasteiger partial charge is 0.246 e. The SMILES string of the molecule is CCc1ccc(C=CC(=O)N(C)Cc2cn[nH]c2)cc1. The Labute approximate surface area is 119 Å². The van der Waals surface area contributed by atoms with Gasteiger partial charge in [-0.2, -0.15) is 5.10 Å². The highest BCUT2D eigenvalue weighted by atomic mass is 16.2. The quantitative estimate of drug-likeness (QED) is 0.848. The van der Waals surface area contributed by atoms with Crippen LogP contribution in [0.2, 0.25) is 0 Å². The summed E-state index contributed by atoms with van der Waals surface area (Å²) in [6.07, 6.45) is 7.97. The van der Waals surface area contributed by atoms with Crippen molar-refractivity contribution in [2.75, 3.05) is 7.05 Å². The number of H-pyrrole nitrogens is 1. The molecule has 1 aromatic carbocycles. The van der Waals surface area contributed by atoms with Crippen LogP contribution >= 0.6 is 0 Å². The number of rotatable bonds is 5. The molecule has 0 radical (unpaired) electrons. The molecule has 4 nitrogen and oxygen atoms in total. The monoisotopic (exact) mass is 269 g/mol. The van der Waals surface area contributed by atoms with Crippen molar-refractivity contribution in [3.8, 4) is 0 Å². The van der Waals surface area contributed by atoms with Crippen LogP contribution < -0.4 is 0 Å². The third kappa shape index (κ3) is 3.82. The molecular weight excluding hydrogens is 250 g/mol. The number of carbonyl (C=O) groups excluding carboxylic acids is 1. The molecule has 0 aliphatic heterocycles. The Morgan fingerprint density at radius 2 is 2.05 bits per heavy atom. The zero-order valence-corrected chi connectivity index (χ0v) is 11.8. The summed E-state index contributed by atoms with van der Waals surface area (Å²) in [7, 11) is 1.78. The van der Waals surface area contributed by atoms with Crippen molar-refractivity contribution in [3.63, 3.8) is 0 Å². The number of carbonyl (C=O) groups is 1. The molecule has 0 aliphatic carbocycles. The molecule has 20 heavy (non-hydrogen) atoms. The highest BCUT2D eigenvalue weighted by Gasteiger charge is 2.06. The Morgan fingerprint density at radius 3 is 2.65 bits per heavy atom. The lowest BCUT2D eigenvalue weighted by Crippen LogP contribution is -2.23. The number of likely N-dealkylation sites (N-methyl/N-ethyl adjacent to an activating group) is 1. The van der Waals surface area contributed by atoms with E-state index in [1.165, 1.54) is 5.56 Å². The van der Waals surface area contributed by atoms with Gasteiger partial charge in [0.05, 0.1) is 6.20 Å². The van der Waals surface area contributed by atoms with Gasteiger partial charge in [-0.1, -0.05) is 31.2 Å². The lowest BCUT2D eigenvalue weighted by Gasteiger charge is -2.13. The van der Waals surface area contributed by atoms with E-state index in [2.05, 4.69) is 29.3 Å². The number of aryl methyl sites for hydroxylation is 1. The maximum Gasteiger partial charge on any atom is 0.246 e. The third-order valence-corrected chi connectivity index (χ3v) is 3.16. The minimum absolute atomic E-state index is 0.0224. The predicted octanol–water partition coefficient (Wildman–Crippen LogP) is 2.64.